The van der Waals surface area contributed by atoms with Crippen LogP contribution in [0.4, 0.5) is 0 Å². The normalized spacial score (nSPS) is 14.1. The highest BCUT2D eigenvalue weighted by Gasteiger charge is 2.25. The second-order valence-corrected chi connectivity index (χ2v) is 7.35. The molecule has 4 rings (SSSR count). The van der Waals surface area contributed by atoms with E-state index >= 15 is 0 Å². The molecular weight excluding hydrogens is 362 g/mol. The molecule has 2 heterocycles. The van der Waals surface area contributed by atoms with Gasteiger partial charge in [0.05, 0.1) is 19.2 Å². The van der Waals surface area contributed by atoms with Crippen molar-refractivity contribution in [1.29, 1.82) is 0 Å². The zero-order chi connectivity index (χ0) is 20.2. The van der Waals surface area contributed by atoms with E-state index in [1.165, 1.54) is 5.57 Å². The van der Waals surface area contributed by atoms with Gasteiger partial charge in [-0.05, 0) is 30.5 Å². The van der Waals surface area contributed by atoms with E-state index in [4.69, 9.17) is 9.84 Å². The van der Waals surface area contributed by atoms with Crippen molar-refractivity contribution in [3.8, 4) is 17.0 Å². The van der Waals surface area contributed by atoms with Gasteiger partial charge in [-0.3, -0.25) is 9.48 Å². The summed E-state index contributed by atoms with van der Waals surface area (Å²) in [5, 5.41) is 4.78. The molecule has 0 spiro atoms. The van der Waals surface area contributed by atoms with Crippen LogP contribution in [0.5, 0.6) is 5.75 Å². The molecule has 1 aromatic heterocycles. The Labute approximate surface area is 171 Å². The number of hydrogen-bond donors (Lipinski definition) is 0. The molecule has 0 bridgehead atoms. The average molecular weight is 387 g/mol. The summed E-state index contributed by atoms with van der Waals surface area (Å²) in [6.07, 6.45) is 3.59. The fourth-order valence-corrected chi connectivity index (χ4v) is 3.61. The third-order valence-corrected chi connectivity index (χ3v) is 5.28. The molecule has 1 aliphatic heterocycles. The fourth-order valence-electron chi connectivity index (χ4n) is 3.61. The lowest BCUT2D eigenvalue weighted by Crippen LogP contribution is -2.36. The molecule has 1 amide bonds. The van der Waals surface area contributed by atoms with Crippen LogP contribution in [0.1, 0.15) is 28.8 Å². The summed E-state index contributed by atoms with van der Waals surface area (Å²) < 4.78 is 7.22. The monoisotopic (exact) mass is 387 g/mol. The topological polar surface area (TPSA) is 47.4 Å². The maximum Gasteiger partial charge on any atom is 0.257 e. The Bertz CT molecular complexity index is 1010. The SMILES string of the molecule is C=C1CCN(C(=O)c2cn(Cc3ccccc3)nc2-c2cccc(OC)c2)CC1. The minimum absolute atomic E-state index is 0.0228. The van der Waals surface area contributed by atoms with E-state index in [1.54, 1.807) is 7.11 Å². The number of methoxy groups -OCH3 is 1. The summed E-state index contributed by atoms with van der Waals surface area (Å²) in [5.74, 6) is 0.766. The van der Waals surface area contributed by atoms with E-state index in [1.807, 2.05) is 58.2 Å². The summed E-state index contributed by atoms with van der Waals surface area (Å²) in [6, 6.07) is 17.8. The molecule has 0 N–H and O–H groups in total. The van der Waals surface area contributed by atoms with Gasteiger partial charge in [-0.2, -0.15) is 5.10 Å². The molecule has 0 aliphatic carbocycles. The van der Waals surface area contributed by atoms with Crippen LogP contribution in [0.15, 0.2) is 72.9 Å². The van der Waals surface area contributed by atoms with E-state index in [0.29, 0.717) is 30.9 Å². The molecule has 1 saturated heterocycles. The Hall–Kier alpha value is -3.34. The molecule has 0 radical (unpaired) electrons. The Morgan fingerprint density at radius 1 is 1.10 bits per heavy atom. The molecule has 2 aromatic carbocycles. The molecule has 148 valence electrons. The van der Waals surface area contributed by atoms with Crippen molar-refractivity contribution < 1.29 is 9.53 Å². The predicted molar refractivity (Wildman–Crippen MR) is 114 cm³/mol. The molecule has 5 nitrogen and oxygen atoms in total. The van der Waals surface area contributed by atoms with Gasteiger partial charge in [0.25, 0.3) is 5.91 Å². The standard InChI is InChI=1S/C24H25N3O2/c1-18-11-13-26(14-12-18)24(28)22-17-27(16-19-7-4-3-5-8-19)25-23(22)20-9-6-10-21(15-20)29-2/h3-10,15,17H,1,11-14,16H2,2H3. The number of aromatic nitrogens is 2. The number of piperidine rings is 1. The van der Waals surface area contributed by atoms with Crippen LogP contribution in [0.2, 0.25) is 0 Å². The Kier molecular flexibility index (Phi) is 5.47. The van der Waals surface area contributed by atoms with Gasteiger partial charge in [-0.25, -0.2) is 0 Å². The van der Waals surface area contributed by atoms with Gasteiger partial charge in [0.15, 0.2) is 0 Å². The highest BCUT2D eigenvalue weighted by molar-refractivity contribution is 6.00. The molecule has 0 atom stereocenters. The Morgan fingerprint density at radius 2 is 1.86 bits per heavy atom. The molecule has 0 saturated carbocycles. The fraction of sp³-hybridized carbons (Fsp3) is 0.250. The van der Waals surface area contributed by atoms with Gasteiger partial charge in [-0.1, -0.05) is 54.6 Å². The van der Waals surface area contributed by atoms with Crippen molar-refractivity contribution in [3.05, 3.63) is 84.1 Å². The van der Waals surface area contributed by atoms with Crippen LogP contribution in [-0.2, 0) is 6.54 Å². The van der Waals surface area contributed by atoms with Crippen LogP contribution in [0, 0.1) is 0 Å². The molecule has 1 aliphatic rings. The van der Waals surface area contributed by atoms with Gasteiger partial charge >= 0.3 is 0 Å². The molecule has 29 heavy (non-hydrogen) atoms. The third-order valence-electron chi connectivity index (χ3n) is 5.28. The predicted octanol–water partition coefficient (Wildman–Crippen LogP) is 4.40. The lowest BCUT2D eigenvalue weighted by Gasteiger charge is -2.28. The van der Waals surface area contributed by atoms with Crippen molar-refractivity contribution in [2.75, 3.05) is 20.2 Å². The molecule has 3 aromatic rings. The summed E-state index contributed by atoms with van der Waals surface area (Å²) in [6.45, 7) is 6.08. The van der Waals surface area contributed by atoms with Crippen molar-refractivity contribution in [2.45, 2.75) is 19.4 Å². The van der Waals surface area contributed by atoms with Crippen molar-refractivity contribution >= 4 is 5.91 Å². The van der Waals surface area contributed by atoms with Crippen molar-refractivity contribution in [2.24, 2.45) is 0 Å². The van der Waals surface area contributed by atoms with Crippen molar-refractivity contribution in [1.82, 2.24) is 14.7 Å². The Morgan fingerprint density at radius 3 is 2.59 bits per heavy atom. The van der Waals surface area contributed by atoms with E-state index in [-0.39, 0.29) is 5.91 Å². The number of amides is 1. The number of carbonyl (C=O) groups excluding carboxylic acids is 1. The highest BCUT2D eigenvalue weighted by atomic mass is 16.5. The van der Waals surface area contributed by atoms with Gasteiger partial charge in [0, 0.05) is 24.8 Å². The second-order valence-electron chi connectivity index (χ2n) is 7.35. The number of benzene rings is 2. The molecule has 1 fully saturated rings. The van der Waals surface area contributed by atoms with Gasteiger partial charge < -0.3 is 9.64 Å². The van der Waals surface area contributed by atoms with Gasteiger partial charge in [0.1, 0.15) is 11.4 Å². The first-order valence-corrected chi connectivity index (χ1v) is 9.86. The van der Waals surface area contributed by atoms with Crippen molar-refractivity contribution in [3.63, 3.8) is 0 Å². The number of carbonyl (C=O) groups is 1. The van der Waals surface area contributed by atoms with Crippen LogP contribution in [0.25, 0.3) is 11.3 Å². The van der Waals surface area contributed by atoms with E-state index in [9.17, 15) is 4.79 Å². The summed E-state index contributed by atoms with van der Waals surface area (Å²) >= 11 is 0. The van der Waals surface area contributed by atoms with Gasteiger partial charge in [-0.15, -0.1) is 0 Å². The van der Waals surface area contributed by atoms with Crippen LogP contribution < -0.4 is 4.74 Å². The summed E-state index contributed by atoms with van der Waals surface area (Å²) in [7, 11) is 1.64. The number of hydrogen-bond acceptors (Lipinski definition) is 3. The molecular formula is C24H25N3O2. The van der Waals surface area contributed by atoms with E-state index in [2.05, 4.69) is 18.7 Å². The first kappa shape index (κ1) is 19.0. The molecule has 0 unspecified atom stereocenters. The first-order valence-electron chi connectivity index (χ1n) is 9.86. The van der Waals surface area contributed by atoms with Gasteiger partial charge in [0.2, 0.25) is 0 Å². The Balaban J connectivity index is 1.71. The quantitative estimate of drug-likeness (QED) is 0.610. The number of likely N-dealkylation sites (tertiary alicyclic amines) is 1. The maximum atomic E-state index is 13.3. The summed E-state index contributed by atoms with van der Waals surface area (Å²) in [4.78, 5) is 15.2. The van der Waals surface area contributed by atoms with Crippen LogP contribution >= 0.6 is 0 Å². The smallest absolute Gasteiger partial charge is 0.257 e. The zero-order valence-electron chi connectivity index (χ0n) is 16.7. The molecule has 5 heteroatoms. The minimum atomic E-state index is 0.0228. The highest BCUT2D eigenvalue weighted by Crippen LogP contribution is 2.28. The van der Waals surface area contributed by atoms with Crippen LogP contribution in [-0.4, -0.2) is 40.8 Å². The largest absolute Gasteiger partial charge is 0.497 e. The lowest BCUT2D eigenvalue weighted by molar-refractivity contribution is 0.0744. The minimum Gasteiger partial charge on any atom is -0.497 e. The van der Waals surface area contributed by atoms with Crippen LogP contribution in [0.3, 0.4) is 0 Å². The number of ether oxygens (including phenoxy) is 1. The summed E-state index contributed by atoms with van der Waals surface area (Å²) in [5.41, 5.74) is 4.54. The average Bonchev–Trinajstić information content (AvgIpc) is 3.18. The van der Waals surface area contributed by atoms with E-state index in [0.717, 1.165) is 29.7 Å². The maximum absolute atomic E-state index is 13.3. The number of nitrogens with zero attached hydrogens (tertiary/aromatic N) is 3. The lowest BCUT2D eigenvalue weighted by atomic mass is 10.0. The second kappa shape index (κ2) is 8.35. The number of rotatable bonds is 5. The van der Waals surface area contributed by atoms with E-state index < -0.39 is 0 Å². The zero-order valence-corrected chi connectivity index (χ0v) is 16.7. The third kappa shape index (κ3) is 4.24. The first-order chi connectivity index (χ1) is 14.1.